The molecule has 0 fully saturated rings. The van der Waals surface area contributed by atoms with Crippen LogP contribution in [-0.2, 0) is 7.05 Å². The molecule has 2 aromatic heterocycles. The Labute approximate surface area is 99.1 Å². The second-order valence-electron chi connectivity index (χ2n) is 3.68. The molecule has 0 saturated carbocycles. The molecule has 0 radical (unpaired) electrons. The zero-order valence-electron chi connectivity index (χ0n) is 9.97. The minimum Gasteiger partial charge on any atom is -0.493 e. The molecule has 0 spiro atoms. The lowest BCUT2D eigenvalue weighted by atomic mass is 10.1. The smallest absolute Gasteiger partial charge is 0.233 e. The van der Waals surface area contributed by atoms with E-state index in [9.17, 15) is 4.79 Å². The monoisotopic (exact) mass is 231 g/mol. The first-order valence-electron chi connectivity index (χ1n) is 5.17. The highest BCUT2D eigenvalue weighted by atomic mass is 16.5. The van der Waals surface area contributed by atoms with E-state index in [0.29, 0.717) is 17.1 Å². The highest BCUT2D eigenvalue weighted by molar-refractivity contribution is 6.09. The lowest BCUT2D eigenvalue weighted by Crippen LogP contribution is -2.12. The van der Waals surface area contributed by atoms with Gasteiger partial charge in [0.1, 0.15) is 5.69 Å². The molecule has 0 aliphatic heterocycles. The fourth-order valence-corrected chi connectivity index (χ4v) is 1.66. The first-order valence-corrected chi connectivity index (χ1v) is 5.17. The van der Waals surface area contributed by atoms with E-state index < -0.39 is 0 Å². The van der Waals surface area contributed by atoms with Crippen LogP contribution in [0.2, 0.25) is 0 Å². The summed E-state index contributed by atoms with van der Waals surface area (Å²) in [4.78, 5) is 16.4. The number of aryl methyl sites for hydroxylation is 2. The summed E-state index contributed by atoms with van der Waals surface area (Å²) in [7, 11) is 3.22. The van der Waals surface area contributed by atoms with Gasteiger partial charge >= 0.3 is 0 Å². The van der Waals surface area contributed by atoms with Gasteiger partial charge in [-0.15, -0.1) is 0 Å². The van der Waals surface area contributed by atoms with Crippen molar-refractivity contribution in [1.29, 1.82) is 0 Å². The van der Waals surface area contributed by atoms with Gasteiger partial charge in [-0.2, -0.15) is 5.10 Å². The van der Waals surface area contributed by atoms with Crippen molar-refractivity contribution in [3.63, 3.8) is 0 Å². The number of rotatable bonds is 3. The molecule has 5 heteroatoms. The summed E-state index contributed by atoms with van der Waals surface area (Å²) in [5.41, 5.74) is 1.67. The van der Waals surface area contributed by atoms with Crippen molar-refractivity contribution in [1.82, 2.24) is 14.8 Å². The molecule has 0 aliphatic rings. The quantitative estimate of drug-likeness (QED) is 0.748. The van der Waals surface area contributed by atoms with Crippen LogP contribution in [0.15, 0.2) is 24.5 Å². The van der Waals surface area contributed by atoms with Gasteiger partial charge in [0.15, 0.2) is 11.4 Å². The third-order valence-electron chi connectivity index (χ3n) is 2.56. The molecular formula is C12H13N3O2. The van der Waals surface area contributed by atoms with E-state index in [-0.39, 0.29) is 5.78 Å². The second kappa shape index (κ2) is 4.37. The number of ketones is 1. The van der Waals surface area contributed by atoms with Crippen molar-refractivity contribution >= 4 is 5.78 Å². The number of hydrogen-bond acceptors (Lipinski definition) is 4. The number of pyridine rings is 1. The Morgan fingerprint density at radius 1 is 1.47 bits per heavy atom. The Bertz CT molecular complexity index is 561. The molecule has 2 rings (SSSR count). The topological polar surface area (TPSA) is 57.0 Å². The standard InChI is InChI=1S/C12H13N3O2/c1-8-5-4-6-13-10(8)12(16)11-9(17-3)7-14-15(11)2/h4-7H,1-3H3. The summed E-state index contributed by atoms with van der Waals surface area (Å²) in [6, 6.07) is 3.65. The maximum Gasteiger partial charge on any atom is 0.233 e. The van der Waals surface area contributed by atoms with Crippen LogP contribution >= 0.6 is 0 Å². The number of methoxy groups -OCH3 is 1. The van der Waals surface area contributed by atoms with Gasteiger partial charge in [0.2, 0.25) is 5.78 Å². The van der Waals surface area contributed by atoms with Crippen molar-refractivity contribution in [3.8, 4) is 5.75 Å². The Hall–Kier alpha value is -2.17. The molecule has 0 saturated heterocycles. The molecule has 0 amide bonds. The zero-order chi connectivity index (χ0) is 12.4. The van der Waals surface area contributed by atoms with Gasteiger partial charge in [-0.25, -0.2) is 0 Å². The first-order chi connectivity index (χ1) is 8.15. The molecule has 0 unspecified atom stereocenters. The van der Waals surface area contributed by atoms with E-state index in [1.807, 2.05) is 13.0 Å². The average Bonchev–Trinajstić information content (AvgIpc) is 2.70. The molecule has 88 valence electrons. The van der Waals surface area contributed by atoms with E-state index in [2.05, 4.69) is 10.1 Å². The van der Waals surface area contributed by atoms with E-state index in [4.69, 9.17) is 4.74 Å². The van der Waals surface area contributed by atoms with E-state index in [1.165, 1.54) is 18.0 Å². The molecule has 0 aromatic carbocycles. The molecule has 17 heavy (non-hydrogen) atoms. The van der Waals surface area contributed by atoms with Crippen molar-refractivity contribution in [2.75, 3.05) is 7.11 Å². The Morgan fingerprint density at radius 3 is 2.88 bits per heavy atom. The van der Waals surface area contributed by atoms with Crippen LogP contribution in [0.5, 0.6) is 5.75 Å². The average molecular weight is 231 g/mol. The summed E-state index contributed by atoms with van der Waals surface area (Å²) in [6.07, 6.45) is 3.12. The van der Waals surface area contributed by atoms with Crippen LogP contribution in [0, 0.1) is 6.92 Å². The maximum absolute atomic E-state index is 12.3. The van der Waals surface area contributed by atoms with Gasteiger partial charge < -0.3 is 4.74 Å². The number of carbonyl (C=O) groups excluding carboxylic acids is 1. The lowest BCUT2D eigenvalue weighted by Gasteiger charge is -2.05. The predicted molar refractivity (Wildman–Crippen MR) is 62.2 cm³/mol. The number of hydrogen-bond donors (Lipinski definition) is 0. The highest BCUT2D eigenvalue weighted by Crippen LogP contribution is 2.20. The number of carbonyl (C=O) groups is 1. The van der Waals surface area contributed by atoms with Gasteiger partial charge in [0, 0.05) is 13.2 Å². The van der Waals surface area contributed by atoms with Gasteiger partial charge in [0.05, 0.1) is 13.3 Å². The van der Waals surface area contributed by atoms with Gasteiger partial charge in [-0.3, -0.25) is 14.5 Å². The largest absolute Gasteiger partial charge is 0.493 e. The SMILES string of the molecule is COc1cnn(C)c1C(=O)c1ncccc1C. The van der Waals surface area contributed by atoms with Crippen molar-refractivity contribution in [3.05, 3.63) is 41.5 Å². The molecule has 0 atom stereocenters. The predicted octanol–water partition coefficient (Wildman–Crippen LogP) is 1.36. The Morgan fingerprint density at radius 2 is 2.24 bits per heavy atom. The van der Waals surface area contributed by atoms with Crippen molar-refractivity contribution in [2.24, 2.45) is 7.05 Å². The first kappa shape index (κ1) is 11.3. The third kappa shape index (κ3) is 1.91. The van der Waals surface area contributed by atoms with E-state index >= 15 is 0 Å². The molecule has 5 nitrogen and oxygen atoms in total. The zero-order valence-corrected chi connectivity index (χ0v) is 9.97. The van der Waals surface area contributed by atoms with Gasteiger partial charge in [0.25, 0.3) is 0 Å². The van der Waals surface area contributed by atoms with Crippen LogP contribution in [-0.4, -0.2) is 27.7 Å². The van der Waals surface area contributed by atoms with Crippen molar-refractivity contribution < 1.29 is 9.53 Å². The minimum atomic E-state index is -0.181. The molecule has 0 N–H and O–H groups in total. The number of ether oxygens (including phenoxy) is 1. The van der Waals surface area contributed by atoms with E-state index in [0.717, 1.165) is 5.56 Å². The fourth-order valence-electron chi connectivity index (χ4n) is 1.66. The fraction of sp³-hybridized carbons (Fsp3) is 0.250. The number of aromatic nitrogens is 3. The minimum absolute atomic E-state index is 0.181. The Balaban J connectivity index is 2.51. The van der Waals surface area contributed by atoms with Crippen LogP contribution < -0.4 is 4.74 Å². The number of nitrogens with zero attached hydrogens (tertiary/aromatic N) is 3. The molecule has 2 heterocycles. The molecular weight excluding hydrogens is 218 g/mol. The van der Waals surface area contributed by atoms with Crippen LogP contribution in [0.1, 0.15) is 21.7 Å². The normalized spacial score (nSPS) is 10.3. The van der Waals surface area contributed by atoms with Crippen LogP contribution in [0.3, 0.4) is 0 Å². The molecule has 0 aliphatic carbocycles. The second-order valence-corrected chi connectivity index (χ2v) is 3.68. The van der Waals surface area contributed by atoms with Crippen LogP contribution in [0.4, 0.5) is 0 Å². The van der Waals surface area contributed by atoms with E-state index in [1.54, 1.807) is 19.3 Å². The van der Waals surface area contributed by atoms with Crippen LogP contribution in [0.25, 0.3) is 0 Å². The maximum atomic E-state index is 12.3. The summed E-state index contributed by atoms with van der Waals surface area (Å²) in [6.45, 7) is 1.85. The Kier molecular flexibility index (Phi) is 2.91. The molecule has 0 bridgehead atoms. The summed E-state index contributed by atoms with van der Waals surface area (Å²) in [5, 5.41) is 4.01. The lowest BCUT2D eigenvalue weighted by molar-refractivity contribution is 0.102. The van der Waals surface area contributed by atoms with Gasteiger partial charge in [-0.05, 0) is 18.6 Å². The van der Waals surface area contributed by atoms with Gasteiger partial charge in [-0.1, -0.05) is 6.07 Å². The summed E-state index contributed by atoms with van der Waals surface area (Å²) < 4.78 is 6.61. The summed E-state index contributed by atoms with van der Waals surface area (Å²) >= 11 is 0. The highest BCUT2D eigenvalue weighted by Gasteiger charge is 2.21. The summed E-state index contributed by atoms with van der Waals surface area (Å²) in [5.74, 6) is 0.280. The molecule has 2 aromatic rings. The third-order valence-corrected chi connectivity index (χ3v) is 2.56. The van der Waals surface area contributed by atoms with Crippen molar-refractivity contribution in [2.45, 2.75) is 6.92 Å².